The van der Waals surface area contributed by atoms with Crippen LogP contribution in [0, 0.1) is 11.3 Å². The minimum absolute atomic E-state index is 0.197. The molecule has 0 spiro atoms. The summed E-state index contributed by atoms with van der Waals surface area (Å²) in [6.07, 6.45) is 9.54. The molecule has 7 rings (SSSR count). The molecule has 5 aromatic rings. The third-order valence-electron chi connectivity index (χ3n) is 7.92. The van der Waals surface area contributed by atoms with E-state index in [2.05, 4.69) is 90.5 Å². The summed E-state index contributed by atoms with van der Waals surface area (Å²) in [5, 5.41) is 12.5. The molecule has 0 unspecified atom stereocenters. The fourth-order valence-corrected chi connectivity index (χ4v) is 5.86. The highest BCUT2D eigenvalue weighted by Gasteiger charge is 2.26. The van der Waals surface area contributed by atoms with E-state index in [1.807, 2.05) is 24.4 Å². The zero-order chi connectivity index (χ0) is 27.6. The van der Waals surface area contributed by atoms with Gasteiger partial charge in [-0.3, -0.25) is 9.88 Å². The quantitative estimate of drug-likeness (QED) is 0.290. The number of fused-ring (bicyclic) bond motifs is 3. The lowest BCUT2D eigenvalue weighted by Crippen LogP contribution is -2.38. The Hall–Kier alpha value is -5.00. The number of piperidine rings is 1. The Morgan fingerprint density at radius 3 is 2.59 bits per heavy atom. The van der Waals surface area contributed by atoms with Gasteiger partial charge < -0.3 is 14.6 Å². The predicted octanol–water partition coefficient (Wildman–Crippen LogP) is 5.84. The zero-order valence-electron chi connectivity index (χ0n) is 22.6. The van der Waals surface area contributed by atoms with Gasteiger partial charge in [0.1, 0.15) is 24.2 Å². The Balaban J connectivity index is 1.08. The highest BCUT2D eigenvalue weighted by Crippen LogP contribution is 2.43. The van der Waals surface area contributed by atoms with E-state index in [0.29, 0.717) is 12.6 Å². The topological polar surface area (TPSA) is 91.9 Å². The number of nitrogens with zero attached hydrogens (tertiary/aromatic N) is 6. The van der Waals surface area contributed by atoms with Gasteiger partial charge in [-0.2, -0.15) is 5.26 Å². The zero-order valence-corrected chi connectivity index (χ0v) is 22.6. The molecule has 202 valence electrons. The van der Waals surface area contributed by atoms with E-state index in [0.717, 1.165) is 61.0 Å². The van der Waals surface area contributed by atoms with Crippen molar-refractivity contribution in [1.29, 1.82) is 5.26 Å². The molecule has 0 bridgehead atoms. The van der Waals surface area contributed by atoms with Crippen LogP contribution in [0.2, 0.25) is 0 Å². The number of hydrogen-bond donors (Lipinski definition) is 1. The summed E-state index contributed by atoms with van der Waals surface area (Å²) >= 11 is 0. The lowest BCUT2D eigenvalue weighted by atomic mass is 9.99. The molecule has 1 saturated heterocycles. The number of nitriles is 1. The van der Waals surface area contributed by atoms with Gasteiger partial charge >= 0.3 is 0 Å². The Kier molecular flexibility index (Phi) is 6.63. The largest absolute Gasteiger partial charge is 0.487 e. The van der Waals surface area contributed by atoms with Gasteiger partial charge in [-0.25, -0.2) is 9.97 Å². The van der Waals surface area contributed by atoms with Crippen LogP contribution in [0.3, 0.4) is 0 Å². The number of benzene rings is 2. The summed E-state index contributed by atoms with van der Waals surface area (Å²) in [5.74, 6) is 1.75. The van der Waals surface area contributed by atoms with Crippen molar-refractivity contribution >= 4 is 5.82 Å². The van der Waals surface area contributed by atoms with Gasteiger partial charge in [0.2, 0.25) is 5.82 Å². The lowest BCUT2D eigenvalue weighted by molar-refractivity contribution is 0.211. The van der Waals surface area contributed by atoms with Crippen LogP contribution < -0.4 is 10.1 Å². The third kappa shape index (κ3) is 5.04. The van der Waals surface area contributed by atoms with Crippen LogP contribution in [0.25, 0.3) is 28.1 Å². The minimum atomic E-state index is 0.197. The number of likely N-dealkylation sites (tertiary alicyclic amines) is 1. The van der Waals surface area contributed by atoms with Crippen molar-refractivity contribution in [1.82, 2.24) is 24.4 Å². The van der Waals surface area contributed by atoms with E-state index in [-0.39, 0.29) is 5.82 Å². The molecule has 8 nitrogen and oxygen atoms in total. The second kappa shape index (κ2) is 10.9. The number of pyridine rings is 1. The van der Waals surface area contributed by atoms with Gasteiger partial charge in [-0.05, 0) is 48.2 Å². The predicted molar refractivity (Wildman–Crippen MR) is 157 cm³/mol. The molecule has 0 radical (unpaired) electrons. The summed E-state index contributed by atoms with van der Waals surface area (Å²) in [5.41, 5.74) is 8.23. The van der Waals surface area contributed by atoms with E-state index in [1.165, 1.54) is 22.3 Å². The molecule has 1 N–H and O–H groups in total. The Morgan fingerprint density at radius 1 is 0.951 bits per heavy atom. The summed E-state index contributed by atoms with van der Waals surface area (Å²) in [4.78, 5) is 15.0. The van der Waals surface area contributed by atoms with E-state index < -0.39 is 0 Å². The Bertz CT molecular complexity index is 1720. The highest BCUT2D eigenvalue weighted by atomic mass is 16.5. The van der Waals surface area contributed by atoms with Crippen molar-refractivity contribution in [3.05, 3.63) is 108 Å². The Labute approximate surface area is 238 Å². The molecule has 0 amide bonds. The second-order valence-corrected chi connectivity index (χ2v) is 10.5. The summed E-state index contributed by atoms with van der Waals surface area (Å²) in [6.45, 7) is 3.45. The van der Waals surface area contributed by atoms with Gasteiger partial charge in [0.15, 0.2) is 0 Å². The first-order valence-electron chi connectivity index (χ1n) is 13.9. The van der Waals surface area contributed by atoms with Crippen LogP contribution >= 0.6 is 0 Å². The van der Waals surface area contributed by atoms with Crippen LogP contribution in [-0.4, -0.2) is 43.6 Å². The molecule has 2 aromatic carbocycles. The maximum atomic E-state index is 9.05. The lowest BCUT2D eigenvalue weighted by Gasteiger charge is -2.32. The van der Waals surface area contributed by atoms with Gasteiger partial charge in [0, 0.05) is 66.6 Å². The van der Waals surface area contributed by atoms with E-state index >= 15 is 0 Å². The minimum Gasteiger partial charge on any atom is -0.487 e. The molecular weight excluding hydrogens is 510 g/mol. The maximum absolute atomic E-state index is 9.05. The van der Waals surface area contributed by atoms with Crippen molar-refractivity contribution in [2.75, 3.05) is 18.4 Å². The normalized spacial score (nSPS) is 14.9. The molecular formula is C33H29N7O. The smallest absolute Gasteiger partial charge is 0.234 e. The van der Waals surface area contributed by atoms with Crippen molar-refractivity contribution in [3.63, 3.8) is 0 Å². The number of ether oxygens (including phenoxy) is 1. The third-order valence-corrected chi connectivity index (χ3v) is 7.92. The fraction of sp³-hybridized carbons (Fsp3) is 0.212. The SMILES string of the molecule is N#Cc1nccc(NC2CCN(Cc3ccc(-n4cc5c(c4-c4ccccc4)COc4cnccc4-5)cc3)CC2)n1. The molecule has 2 aliphatic heterocycles. The van der Waals surface area contributed by atoms with E-state index in [1.54, 1.807) is 12.4 Å². The van der Waals surface area contributed by atoms with Gasteiger partial charge in [-0.1, -0.05) is 42.5 Å². The number of aromatic nitrogens is 4. The van der Waals surface area contributed by atoms with Crippen LogP contribution in [0.1, 0.15) is 29.8 Å². The standard InChI is InChI=1S/C33H29N7O/c34-18-32-36-15-11-31(38-32)37-25-12-16-39(17-13-25)20-23-6-8-26(9-7-23)40-21-28-27-10-14-35-19-30(27)41-22-29(28)33(40)24-4-2-1-3-5-24/h1-11,14-15,19,21,25H,12-13,16-17,20,22H2,(H,36,37,38). The van der Waals surface area contributed by atoms with Crippen LogP contribution in [0.15, 0.2) is 91.5 Å². The average Bonchev–Trinajstić information content (AvgIpc) is 3.43. The van der Waals surface area contributed by atoms with E-state index in [4.69, 9.17) is 10.00 Å². The first-order chi connectivity index (χ1) is 20.2. The fourth-order valence-electron chi connectivity index (χ4n) is 5.86. The molecule has 0 saturated carbocycles. The summed E-state index contributed by atoms with van der Waals surface area (Å²) < 4.78 is 8.41. The molecule has 3 aromatic heterocycles. The van der Waals surface area contributed by atoms with Crippen LogP contribution in [-0.2, 0) is 13.2 Å². The van der Waals surface area contributed by atoms with Gasteiger partial charge in [-0.15, -0.1) is 0 Å². The molecule has 1 fully saturated rings. The molecule has 41 heavy (non-hydrogen) atoms. The first-order valence-corrected chi connectivity index (χ1v) is 13.9. The summed E-state index contributed by atoms with van der Waals surface area (Å²) in [6, 6.07) is 25.7. The van der Waals surface area contributed by atoms with Gasteiger partial charge in [0.25, 0.3) is 0 Å². The van der Waals surface area contributed by atoms with E-state index in [9.17, 15) is 0 Å². The summed E-state index contributed by atoms with van der Waals surface area (Å²) in [7, 11) is 0. The average molecular weight is 540 g/mol. The van der Waals surface area contributed by atoms with Crippen molar-refractivity contribution in [3.8, 4) is 39.9 Å². The monoisotopic (exact) mass is 539 g/mol. The van der Waals surface area contributed by atoms with Crippen LogP contribution in [0.5, 0.6) is 5.75 Å². The number of nitrogens with one attached hydrogen (secondary N) is 1. The molecule has 2 aliphatic rings. The van der Waals surface area contributed by atoms with Crippen molar-refractivity contribution < 1.29 is 4.74 Å². The Morgan fingerprint density at radius 2 is 1.78 bits per heavy atom. The van der Waals surface area contributed by atoms with Crippen molar-refractivity contribution in [2.45, 2.75) is 32.0 Å². The van der Waals surface area contributed by atoms with Crippen LogP contribution in [0.4, 0.5) is 5.82 Å². The first kappa shape index (κ1) is 25.0. The number of anilines is 1. The molecule has 8 heteroatoms. The molecule has 5 heterocycles. The molecule has 0 atom stereocenters. The maximum Gasteiger partial charge on any atom is 0.234 e. The number of hydrogen-bond acceptors (Lipinski definition) is 7. The molecule has 0 aliphatic carbocycles. The second-order valence-electron chi connectivity index (χ2n) is 10.5. The highest BCUT2D eigenvalue weighted by molar-refractivity contribution is 5.83. The van der Waals surface area contributed by atoms with Crippen molar-refractivity contribution in [2.24, 2.45) is 0 Å². The van der Waals surface area contributed by atoms with Gasteiger partial charge in [0.05, 0.1) is 11.9 Å². The number of rotatable bonds is 6.